The molecule has 1 atom stereocenters. The molecule has 29 heavy (non-hydrogen) atoms. The molecule has 1 unspecified atom stereocenters. The molecule has 0 aliphatic rings. The Labute approximate surface area is 171 Å². The molecular formula is C24H26N2O3. The van der Waals surface area contributed by atoms with E-state index in [9.17, 15) is 4.79 Å². The third-order valence-corrected chi connectivity index (χ3v) is 4.87. The highest BCUT2D eigenvalue weighted by molar-refractivity contribution is 5.84. The molecule has 0 saturated heterocycles. The van der Waals surface area contributed by atoms with Crippen molar-refractivity contribution in [3.8, 4) is 11.5 Å². The molecule has 1 amide bonds. The zero-order chi connectivity index (χ0) is 20.5. The minimum atomic E-state index is -0.246. The van der Waals surface area contributed by atoms with Gasteiger partial charge in [0.15, 0.2) is 11.5 Å². The molecule has 5 nitrogen and oxygen atoms in total. The predicted octanol–water partition coefficient (Wildman–Crippen LogP) is 3.78. The van der Waals surface area contributed by atoms with Crippen molar-refractivity contribution < 1.29 is 14.3 Å². The van der Waals surface area contributed by atoms with Crippen LogP contribution in [0, 0.1) is 0 Å². The number of hydrogen-bond donors (Lipinski definition) is 1. The monoisotopic (exact) mass is 390 g/mol. The quantitative estimate of drug-likeness (QED) is 0.604. The first-order chi connectivity index (χ1) is 14.2. The Morgan fingerprint density at radius 2 is 1.66 bits per heavy atom. The van der Waals surface area contributed by atoms with Crippen LogP contribution in [0.4, 0.5) is 0 Å². The number of carbonyl (C=O) groups excluding carboxylic acids is 1. The zero-order valence-corrected chi connectivity index (χ0v) is 16.8. The second-order valence-electron chi connectivity index (χ2n) is 6.75. The maximum Gasteiger partial charge on any atom is 0.227 e. The number of benzene rings is 2. The van der Waals surface area contributed by atoms with Crippen LogP contribution in [0.1, 0.15) is 22.6 Å². The van der Waals surface area contributed by atoms with Crippen molar-refractivity contribution in [1.29, 1.82) is 0 Å². The van der Waals surface area contributed by atoms with Crippen LogP contribution in [0.5, 0.6) is 11.5 Å². The number of methoxy groups -OCH3 is 2. The Hall–Kier alpha value is -3.34. The first-order valence-corrected chi connectivity index (χ1v) is 9.63. The van der Waals surface area contributed by atoms with E-state index in [1.165, 1.54) is 0 Å². The summed E-state index contributed by atoms with van der Waals surface area (Å²) in [7, 11) is 3.23. The molecular weight excluding hydrogens is 364 g/mol. The fourth-order valence-electron chi connectivity index (χ4n) is 3.29. The molecule has 0 saturated carbocycles. The number of rotatable bonds is 9. The predicted molar refractivity (Wildman–Crippen MR) is 113 cm³/mol. The van der Waals surface area contributed by atoms with Gasteiger partial charge in [-0.1, -0.05) is 36.4 Å². The van der Waals surface area contributed by atoms with Crippen molar-refractivity contribution in [1.82, 2.24) is 10.3 Å². The molecule has 150 valence electrons. The van der Waals surface area contributed by atoms with Gasteiger partial charge in [-0.3, -0.25) is 9.78 Å². The normalized spacial score (nSPS) is 11.5. The van der Waals surface area contributed by atoms with E-state index in [1.807, 2.05) is 60.7 Å². The van der Waals surface area contributed by atoms with Crippen LogP contribution >= 0.6 is 0 Å². The van der Waals surface area contributed by atoms with Crippen molar-refractivity contribution in [2.24, 2.45) is 0 Å². The maximum absolute atomic E-state index is 13.0. The summed E-state index contributed by atoms with van der Waals surface area (Å²) in [6.45, 7) is 0.550. The number of nitrogens with zero attached hydrogens (tertiary/aromatic N) is 1. The highest BCUT2D eigenvalue weighted by Crippen LogP contribution is 2.27. The van der Waals surface area contributed by atoms with E-state index in [2.05, 4.69) is 10.3 Å². The Balaban J connectivity index is 1.65. The van der Waals surface area contributed by atoms with E-state index >= 15 is 0 Å². The molecule has 0 bridgehead atoms. The summed E-state index contributed by atoms with van der Waals surface area (Å²) in [5, 5.41) is 3.09. The average molecular weight is 390 g/mol. The minimum absolute atomic E-state index is 0.0217. The Bertz CT molecular complexity index is 914. The van der Waals surface area contributed by atoms with Gasteiger partial charge in [0.2, 0.25) is 5.91 Å². The summed E-state index contributed by atoms with van der Waals surface area (Å²) >= 11 is 0. The summed E-state index contributed by atoms with van der Waals surface area (Å²) in [6, 6.07) is 19.6. The van der Waals surface area contributed by atoms with Crippen molar-refractivity contribution in [3.05, 3.63) is 89.7 Å². The van der Waals surface area contributed by atoms with E-state index in [1.54, 1.807) is 26.6 Å². The molecule has 0 aliphatic heterocycles. The molecule has 2 aromatic carbocycles. The lowest BCUT2D eigenvalue weighted by Crippen LogP contribution is -2.32. The summed E-state index contributed by atoms with van der Waals surface area (Å²) < 4.78 is 10.6. The number of nitrogens with one attached hydrogen (secondary N) is 1. The van der Waals surface area contributed by atoms with Gasteiger partial charge in [0.05, 0.1) is 20.1 Å². The Kier molecular flexibility index (Phi) is 7.22. The van der Waals surface area contributed by atoms with Crippen LogP contribution in [-0.4, -0.2) is 31.7 Å². The van der Waals surface area contributed by atoms with Gasteiger partial charge in [0.1, 0.15) is 0 Å². The highest BCUT2D eigenvalue weighted by atomic mass is 16.5. The van der Waals surface area contributed by atoms with Crippen molar-refractivity contribution >= 4 is 5.91 Å². The molecule has 0 radical (unpaired) electrons. The first kappa shape index (κ1) is 20.4. The summed E-state index contributed by atoms with van der Waals surface area (Å²) in [6.07, 6.45) is 4.86. The third-order valence-electron chi connectivity index (χ3n) is 4.87. The number of hydrogen-bond acceptors (Lipinski definition) is 4. The van der Waals surface area contributed by atoms with Gasteiger partial charge in [-0.2, -0.15) is 0 Å². The van der Waals surface area contributed by atoms with Crippen molar-refractivity contribution in [2.75, 3.05) is 20.8 Å². The lowest BCUT2D eigenvalue weighted by atomic mass is 9.91. The van der Waals surface area contributed by atoms with Crippen LogP contribution in [0.2, 0.25) is 0 Å². The smallest absolute Gasteiger partial charge is 0.227 e. The fraction of sp³-hybridized carbons (Fsp3) is 0.250. The number of ether oxygens (including phenoxy) is 2. The van der Waals surface area contributed by atoms with Crippen molar-refractivity contribution in [3.63, 3.8) is 0 Å². The molecule has 0 aliphatic carbocycles. The minimum Gasteiger partial charge on any atom is -0.493 e. The second-order valence-corrected chi connectivity index (χ2v) is 6.75. The van der Waals surface area contributed by atoms with Crippen LogP contribution in [0.15, 0.2) is 73.1 Å². The Morgan fingerprint density at radius 1 is 0.931 bits per heavy atom. The third kappa shape index (κ3) is 5.57. The molecule has 1 N–H and O–H groups in total. The fourth-order valence-corrected chi connectivity index (χ4v) is 3.29. The van der Waals surface area contributed by atoms with Crippen molar-refractivity contribution in [2.45, 2.75) is 18.8 Å². The standard InChI is InChI=1S/C24H26N2O3/c1-28-22-9-8-18(17-23(22)29-2)12-15-26-24(27)21(20-6-4-3-5-7-20)16-19-10-13-25-14-11-19/h3-11,13-14,17,21H,12,15-16H2,1-2H3,(H,26,27). The molecule has 1 heterocycles. The number of carbonyl (C=O) groups is 1. The van der Waals surface area contributed by atoms with E-state index in [0.29, 0.717) is 30.9 Å². The van der Waals surface area contributed by atoms with Crippen LogP contribution in [0.3, 0.4) is 0 Å². The molecule has 3 aromatic rings. The van der Waals surface area contributed by atoms with Gasteiger partial charge in [-0.05, 0) is 53.8 Å². The van der Waals surface area contributed by atoms with E-state index in [0.717, 1.165) is 16.7 Å². The van der Waals surface area contributed by atoms with Gasteiger partial charge >= 0.3 is 0 Å². The molecule has 0 spiro atoms. The topological polar surface area (TPSA) is 60.5 Å². The van der Waals surface area contributed by atoms with E-state index in [-0.39, 0.29) is 11.8 Å². The second kappa shape index (κ2) is 10.3. The zero-order valence-electron chi connectivity index (χ0n) is 16.8. The van der Waals surface area contributed by atoms with E-state index < -0.39 is 0 Å². The lowest BCUT2D eigenvalue weighted by Gasteiger charge is -2.18. The van der Waals surface area contributed by atoms with Crippen LogP contribution < -0.4 is 14.8 Å². The highest BCUT2D eigenvalue weighted by Gasteiger charge is 2.20. The molecule has 3 rings (SSSR count). The van der Waals surface area contributed by atoms with Gasteiger partial charge in [0, 0.05) is 18.9 Å². The van der Waals surface area contributed by atoms with Gasteiger partial charge in [-0.25, -0.2) is 0 Å². The first-order valence-electron chi connectivity index (χ1n) is 9.63. The number of amides is 1. The van der Waals surface area contributed by atoms with Gasteiger partial charge in [0.25, 0.3) is 0 Å². The summed E-state index contributed by atoms with van der Waals surface area (Å²) in [5.41, 5.74) is 3.17. The van der Waals surface area contributed by atoms with Crippen LogP contribution in [0.25, 0.3) is 0 Å². The summed E-state index contributed by atoms with van der Waals surface area (Å²) in [5.74, 6) is 1.16. The maximum atomic E-state index is 13.0. The number of pyridine rings is 1. The Morgan fingerprint density at radius 3 is 2.34 bits per heavy atom. The van der Waals surface area contributed by atoms with Crippen LogP contribution in [-0.2, 0) is 17.6 Å². The SMILES string of the molecule is COc1ccc(CCNC(=O)C(Cc2ccncc2)c2ccccc2)cc1OC. The molecule has 1 aromatic heterocycles. The van der Waals surface area contributed by atoms with Gasteiger partial charge < -0.3 is 14.8 Å². The average Bonchev–Trinajstić information content (AvgIpc) is 2.78. The largest absolute Gasteiger partial charge is 0.493 e. The number of aromatic nitrogens is 1. The molecule has 0 fully saturated rings. The molecule has 5 heteroatoms. The lowest BCUT2D eigenvalue weighted by molar-refractivity contribution is -0.122. The van der Waals surface area contributed by atoms with E-state index in [4.69, 9.17) is 9.47 Å². The summed E-state index contributed by atoms with van der Waals surface area (Å²) in [4.78, 5) is 17.1. The van der Waals surface area contributed by atoms with Gasteiger partial charge in [-0.15, -0.1) is 0 Å².